The van der Waals surface area contributed by atoms with Crippen LogP contribution in [0.4, 0.5) is 0 Å². The highest BCUT2D eigenvalue weighted by Gasteiger charge is 2.42. The van der Waals surface area contributed by atoms with Gasteiger partial charge in [-0.05, 0) is 69.9 Å². The van der Waals surface area contributed by atoms with Crippen LogP contribution in [0, 0.1) is 5.92 Å². The highest BCUT2D eigenvalue weighted by Crippen LogP contribution is 2.28. The summed E-state index contributed by atoms with van der Waals surface area (Å²) in [7, 11) is 1.75. The average Bonchev–Trinajstić information content (AvgIpc) is 3.35. The van der Waals surface area contributed by atoms with Crippen molar-refractivity contribution in [2.45, 2.75) is 75.5 Å². The molecule has 9 nitrogen and oxygen atoms in total. The maximum Gasteiger partial charge on any atom is 0.292 e. The standard InChI is InChI=1S/C27H39N5O4/c1-29-21(17-18-7-3-2-4-8-18)26(35)32-16-5-9-22(32)25(34)30-23(19-10-12-20(28)13-11-19)24(33)27(36)31-14-6-15-31/h2-4,7-8,19-23,29H,5-6,9-17,28H2,1H3,(H,30,34)/t19?,20?,21-,22+,23+/m1/s1. The molecule has 3 fully saturated rings. The van der Waals surface area contributed by atoms with E-state index >= 15 is 0 Å². The third-order valence-corrected chi connectivity index (χ3v) is 7.99. The molecule has 0 bridgehead atoms. The Balaban J connectivity index is 1.46. The predicted molar refractivity (Wildman–Crippen MR) is 136 cm³/mol. The van der Waals surface area contributed by atoms with Crippen molar-refractivity contribution in [1.29, 1.82) is 0 Å². The lowest BCUT2D eigenvalue weighted by atomic mass is 9.80. The van der Waals surface area contributed by atoms with Gasteiger partial charge in [-0.2, -0.15) is 0 Å². The van der Waals surface area contributed by atoms with Crippen LogP contribution in [-0.4, -0.2) is 84.2 Å². The third-order valence-electron chi connectivity index (χ3n) is 7.99. The molecule has 1 saturated carbocycles. The van der Waals surface area contributed by atoms with Crippen molar-refractivity contribution in [2.24, 2.45) is 11.7 Å². The summed E-state index contributed by atoms with van der Waals surface area (Å²) < 4.78 is 0. The van der Waals surface area contributed by atoms with E-state index in [1.165, 1.54) is 0 Å². The molecule has 2 saturated heterocycles. The zero-order valence-corrected chi connectivity index (χ0v) is 21.2. The zero-order valence-electron chi connectivity index (χ0n) is 21.2. The molecule has 3 aliphatic rings. The molecule has 36 heavy (non-hydrogen) atoms. The van der Waals surface area contributed by atoms with E-state index in [1.54, 1.807) is 16.8 Å². The number of rotatable bonds is 9. The summed E-state index contributed by atoms with van der Waals surface area (Å²) in [6, 6.07) is 7.89. The molecule has 196 valence electrons. The Morgan fingerprint density at radius 1 is 0.972 bits per heavy atom. The molecule has 2 aliphatic heterocycles. The minimum Gasteiger partial charge on any atom is -0.344 e. The lowest BCUT2D eigenvalue weighted by Gasteiger charge is -2.36. The number of likely N-dealkylation sites (tertiary alicyclic amines) is 2. The summed E-state index contributed by atoms with van der Waals surface area (Å²) in [5.41, 5.74) is 7.10. The van der Waals surface area contributed by atoms with Crippen LogP contribution in [0.5, 0.6) is 0 Å². The Kier molecular flexibility index (Phi) is 8.74. The molecule has 1 aromatic carbocycles. The van der Waals surface area contributed by atoms with Gasteiger partial charge in [-0.15, -0.1) is 0 Å². The quantitative estimate of drug-likeness (QED) is 0.430. The van der Waals surface area contributed by atoms with Gasteiger partial charge in [0.15, 0.2) is 0 Å². The van der Waals surface area contributed by atoms with Crippen LogP contribution in [0.2, 0.25) is 0 Å². The Morgan fingerprint density at radius 3 is 2.28 bits per heavy atom. The Bertz CT molecular complexity index is 943. The SMILES string of the molecule is CN[C@H](Cc1ccccc1)C(=O)N1CCC[C@H]1C(=O)N[C@H](C(=O)C(=O)N1CCC1)C1CCC(N)CC1. The van der Waals surface area contributed by atoms with Crippen molar-refractivity contribution in [1.82, 2.24) is 20.4 Å². The van der Waals surface area contributed by atoms with Gasteiger partial charge in [0.1, 0.15) is 12.1 Å². The molecule has 3 atom stereocenters. The van der Waals surface area contributed by atoms with Gasteiger partial charge < -0.3 is 26.2 Å². The van der Waals surface area contributed by atoms with Gasteiger partial charge >= 0.3 is 0 Å². The van der Waals surface area contributed by atoms with Crippen molar-refractivity contribution in [3.63, 3.8) is 0 Å². The van der Waals surface area contributed by atoms with Gasteiger partial charge in [-0.25, -0.2) is 0 Å². The largest absolute Gasteiger partial charge is 0.344 e. The zero-order chi connectivity index (χ0) is 25.7. The minimum absolute atomic E-state index is 0.0878. The number of hydrogen-bond acceptors (Lipinski definition) is 6. The first-order chi connectivity index (χ1) is 17.4. The first-order valence-corrected chi connectivity index (χ1v) is 13.3. The molecule has 4 rings (SSSR count). The van der Waals surface area contributed by atoms with Crippen molar-refractivity contribution < 1.29 is 19.2 Å². The number of carbonyl (C=O) groups excluding carboxylic acids is 4. The summed E-state index contributed by atoms with van der Waals surface area (Å²) in [5, 5.41) is 6.03. The van der Waals surface area contributed by atoms with Crippen LogP contribution in [0.25, 0.3) is 0 Å². The molecule has 0 unspecified atom stereocenters. The lowest BCUT2D eigenvalue weighted by molar-refractivity contribution is -0.150. The number of likely N-dealkylation sites (N-methyl/N-ethyl adjacent to an activating group) is 1. The Labute approximate surface area is 213 Å². The highest BCUT2D eigenvalue weighted by molar-refractivity contribution is 6.38. The number of amides is 3. The van der Waals surface area contributed by atoms with E-state index in [2.05, 4.69) is 10.6 Å². The van der Waals surface area contributed by atoms with Crippen molar-refractivity contribution in [3.8, 4) is 0 Å². The van der Waals surface area contributed by atoms with Gasteiger partial charge in [-0.1, -0.05) is 30.3 Å². The summed E-state index contributed by atoms with van der Waals surface area (Å²) in [6.45, 7) is 1.66. The molecule has 3 amide bonds. The number of Topliss-reactive ketones (excluding diaryl/α,β-unsaturated/α-hetero) is 1. The third kappa shape index (κ3) is 5.95. The molecule has 0 spiro atoms. The second-order valence-electron chi connectivity index (χ2n) is 10.4. The average molecular weight is 498 g/mol. The van der Waals surface area contributed by atoms with E-state index in [1.807, 2.05) is 30.3 Å². The van der Waals surface area contributed by atoms with Crippen LogP contribution in [0.1, 0.15) is 50.5 Å². The molecule has 4 N–H and O–H groups in total. The topological polar surface area (TPSA) is 125 Å². The highest BCUT2D eigenvalue weighted by atomic mass is 16.2. The number of nitrogens with zero attached hydrogens (tertiary/aromatic N) is 2. The summed E-state index contributed by atoms with van der Waals surface area (Å²) >= 11 is 0. The monoisotopic (exact) mass is 497 g/mol. The van der Waals surface area contributed by atoms with Crippen LogP contribution in [-0.2, 0) is 25.6 Å². The van der Waals surface area contributed by atoms with Crippen molar-refractivity contribution in [3.05, 3.63) is 35.9 Å². The second-order valence-corrected chi connectivity index (χ2v) is 10.4. The van der Waals surface area contributed by atoms with E-state index < -0.39 is 29.8 Å². The fourth-order valence-corrected chi connectivity index (χ4v) is 5.60. The number of carbonyl (C=O) groups is 4. The second kappa shape index (κ2) is 12.0. The Hall–Kier alpha value is -2.78. The van der Waals surface area contributed by atoms with Crippen molar-refractivity contribution >= 4 is 23.5 Å². The summed E-state index contributed by atoms with van der Waals surface area (Å²) in [6.07, 6.45) is 5.58. The van der Waals surface area contributed by atoms with Gasteiger partial charge in [0, 0.05) is 25.7 Å². The molecule has 2 heterocycles. The van der Waals surface area contributed by atoms with E-state index in [0.29, 0.717) is 45.3 Å². The molecular formula is C27H39N5O4. The fraction of sp³-hybridized carbons (Fsp3) is 0.630. The van der Waals surface area contributed by atoms with E-state index in [9.17, 15) is 19.2 Å². The number of benzene rings is 1. The molecular weight excluding hydrogens is 458 g/mol. The summed E-state index contributed by atoms with van der Waals surface area (Å²) in [5.74, 6) is -1.65. The van der Waals surface area contributed by atoms with E-state index in [4.69, 9.17) is 5.73 Å². The minimum atomic E-state index is -0.875. The molecule has 0 radical (unpaired) electrons. The van der Waals surface area contributed by atoms with E-state index in [-0.39, 0.29) is 23.8 Å². The maximum absolute atomic E-state index is 13.5. The van der Waals surface area contributed by atoms with Gasteiger partial charge in [-0.3, -0.25) is 19.2 Å². The maximum atomic E-state index is 13.5. The van der Waals surface area contributed by atoms with E-state index in [0.717, 1.165) is 31.2 Å². The number of nitrogens with two attached hydrogens (primary N) is 1. The predicted octanol–water partition coefficient (Wildman–Crippen LogP) is 0.612. The normalized spacial score (nSPS) is 25.6. The van der Waals surface area contributed by atoms with Gasteiger partial charge in [0.05, 0.1) is 6.04 Å². The van der Waals surface area contributed by atoms with Crippen LogP contribution < -0.4 is 16.4 Å². The first-order valence-electron chi connectivity index (χ1n) is 13.3. The van der Waals surface area contributed by atoms with Crippen LogP contribution in [0.3, 0.4) is 0 Å². The lowest BCUT2D eigenvalue weighted by Crippen LogP contribution is -2.59. The van der Waals surface area contributed by atoms with Crippen LogP contribution >= 0.6 is 0 Å². The Morgan fingerprint density at radius 2 is 1.67 bits per heavy atom. The smallest absolute Gasteiger partial charge is 0.292 e. The molecule has 0 aromatic heterocycles. The van der Waals surface area contributed by atoms with Crippen LogP contribution in [0.15, 0.2) is 30.3 Å². The number of hydrogen-bond donors (Lipinski definition) is 3. The fourth-order valence-electron chi connectivity index (χ4n) is 5.60. The van der Waals surface area contributed by atoms with Gasteiger partial charge in [0.25, 0.3) is 5.91 Å². The molecule has 9 heteroatoms. The molecule has 1 aliphatic carbocycles. The van der Waals surface area contributed by atoms with Gasteiger partial charge in [0.2, 0.25) is 17.6 Å². The number of ketones is 1. The first kappa shape index (κ1) is 26.3. The summed E-state index contributed by atoms with van der Waals surface area (Å²) in [4.78, 5) is 56.1. The van der Waals surface area contributed by atoms with Crippen molar-refractivity contribution in [2.75, 3.05) is 26.7 Å². The number of nitrogens with one attached hydrogen (secondary N) is 2. The molecule has 1 aromatic rings.